The van der Waals surface area contributed by atoms with Crippen LogP contribution in [0.4, 0.5) is 0 Å². The monoisotopic (exact) mass is 255 g/mol. The Balaban J connectivity index is 2.20. The number of carbonyl (C=O) groups excluding carboxylic acids is 2. The molecule has 1 rings (SSSR count). The molecule has 2 N–H and O–H groups in total. The maximum atomic E-state index is 11.8. The van der Waals surface area contributed by atoms with E-state index in [2.05, 4.69) is 10.6 Å². The second kappa shape index (κ2) is 8.08. The van der Waals surface area contributed by atoms with E-state index >= 15 is 0 Å². The lowest BCUT2D eigenvalue weighted by Crippen LogP contribution is -2.39. The van der Waals surface area contributed by atoms with Crippen LogP contribution in [0.3, 0.4) is 0 Å². The molecule has 1 fully saturated rings. The summed E-state index contributed by atoms with van der Waals surface area (Å²) in [7, 11) is 1.69. The van der Waals surface area contributed by atoms with Crippen molar-refractivity contribution in [3.63, 3.8) is 0 Å². The van der Waals surface area contributed by atoms with Crippen molar-refractivity contribution in [3.05, 3.63) is 0 Å². The average molecular weight is 255 g/mol. The maximum Gasteiger partial charge on any atom is 0.239 e. The Morgan fingerprint density at radius 1 is 1.39 bits per heavy atom. The Morgan fingerprint density at radius 3 is 2.78 bits per heavy atom. The van der Waals surface area contributed by atoms with Crippen molar-refractivity contribution >= 4 is 11.8 Å². The molecule has 1 unspecified atom stereocenters. The minimum absolute atomic E-state index is 0.0497. The molecule has 1 heterocycles. The molecule has 1 aliphatic rings. The van der Waals surface area contributed by atoms with Crippen LogP contribution >= 0.6 is 0 Å². The summed E-state index contributed by atoms with van der Waals surface area (Å²) in [5.74, 6) is -0.0437. The third-order valence-corrected chi connectivity index (χ3v) is 3.30. The van der Waals surface area contributed by atoms with Gasteiger partial charge in [-0.3, -0.25) is 9.59 Å². The summed E-state index contributed by atoms with van der Waals surface area (Å²) in [4.78, 5) is 24.7. The zero-order valence-electron chi connectivity index (χ0n) is 11.5. The van der Waals surface area contributed by atoms with E-state index in [1.54, 1.807) is 7.05 Å². The molecule has 5 heteroatoms. The second-order valence-electron chi connectivity index (χ2n) is 4.89. The summed E-state index contributed by atoms with van der Waals surface area (Å²) >= 11 is 0. The van der Waals surface area contributed by atoms with E-state index in [0.29, 0.717) is 19.0 Å². The predicted molar refractivity (Wildman–Crippen MR) is 71.2 cm³/mol. The molecule has 18 heavy (non-hydrogen) atoms. The Morgan fingerprint density at radius 2 is 2.17 bits per heavy atom. The van der Waals surface area contributed by atoms with E-state index in [9.17, 15) is 9.59 Å². The summed E-state index contributed by atoms with van der Waals surface area (Å²) in [6.45, 7) is 3.69. The Kier molecular flexibility index (Phi) is 6.72. The first kappa shape index (κ1) is 15.0. The van der Waals surface area contributed by atoms with E-state index in [1.807, 2.05) is 6.92 Å². The summed E-state index contributed by atoms with van der Waals surface area (Å²) in [6.07, 6.45) is 5.04. The van der Waals surface area contributed by atoms with Crippen molar-refractivity contribution in [1.82, 2.24) is 15.5 Å². The van der Waals surface area contributed by atoms with Crippen LogP contribution in [0.2, 0.25) is 0 Å². The maximum absolute atomic E-state index is 11.8. The van der Waals surface area contributed by atoms with Crippen molar-refractivity contribution in [1.29, 1.82) is 0 Å². The van der Waals surface area contributed by atoms with E-state index in [0.717, 1.165) is 19.4 Å². The molecule has 1 aliphatic heterocycles. The van der Waals surface area contributed by atoms with Crippen LogP contribution in [-0.4, -0.2) is 49.4 Å². The highest BCUT2D eigenvalue weighted by molar-refractivity contribution is 5.84. The van der Waals surface area contributed by atoms with E-state index in [1.165, 1.54) is 17.7 Å². The highest BCUT2D eigenvalue weighted by Gasteiger charge is 2.17. The number of hydrogen-bond donors (Lipinski definition) is 2. The molecule has 104 valence electrons. The summed E-state index contributed by atoms with van der Waals surface area (Å²) in [6, 6.07) is 0.473. The number of rotatable bonds is 6. The molecular weight excluding hydrogens is 230 g/mol. The van der Waals surface area contributed by atoms with E-state index in [4.69, 9.17) is 0 Å². The highest BCUT2D eigenvalue weighted by Crippen LogP contribution is 2.12. The van der Waals surface area contributed by atoms with Gasteiger partial charge >= 0.3 is 0 Å². The van der Waals surface area contributed by atoms with Crippen molar-refractivity contribution in [2.45, 2.75) is 45.1 Å². The third-order valence-electron chi connectivity index (χ3n) is 3.30. The zero-order valence-corrected chi connectivity index (χ0v) is 11.5. The molecule has 0 aromatic heterocycles. The molecule has 1 saturated heterocycles. The van der Waals surface area contributed by atoms with Gasteiger partial charge in [0.2, 0.25) is 11.8 Å². The molecule has 0 saturated carbocycles. The first-order valence-electron chi connectivity index (χ1n) is 6.87. The molecule has 0 aromatic carbocycles. The Hall–Kier alpha value is -1.10. The van der Waals surface area contributed by atoms with Gasteiger partial charge < -0.3 is 15.5 Å². The normalized spacial score (nSPS) is 19.3. The van der Waals surface area contributed by atoms with Gasteiger partial charge in [-0.15, -0.1) is 0 Å². The lowest BCUT2D eigenvalue weighted by atomic mass is 10.0. The van der Waals surface area contributed by atoms with Crippen molar-refractivity contribution in [2.24, 2.45) is 0 Å². The van der Waals surface area contributed by atoms with Crippen LogP contribution in [-0.2, 0) is 9.59 Å². The molecule has 1 atom stereocenters. The summed E-state index contributed by atoms with van der Waals surface area (Å²) in [5.41, 5.74) is 0. The quantitative estimate of drug-likeness (QED) is 0.726. The SMILES string of the molecule is CCNC(=O)CN(C)C(=O)CCC1CCCCN1. The fraction of sp³-hybridized carbons (Fsp3) is 0.846. The van der Waals surface area contributed by atoms with Crippen LogP contribution in [0, 0.1) is 0 Å². The standard InChI is InChI=1S/C13H25N3O2/c1-3-14-12(17)10-16(2)13(18)8-7-11-6-4-5-9-15-11/h11,15H,3-10H2,1-2H3,(H,14,17). The van der Waals surface area contributed by atoms with Crippen molar-refractivity contribution < 1.29 is 9.59 Å². The van der Waals surface area contributed by atoms with Gasteiger partial charge in [-0.2, -0.15) is 0 Å². The first-order chi connectivity index (χ1) is 8.63. The number of nitrogens with one attached hydrogen (secondary N) is 2. The molecule has 0 radical (unpaired) electrons. The number of hydrogen-bond acceptors (Lipinski definition) is 3. The Labute approximate surface area is 109 Å². The highest BCUT2D eigenvalue weighted by atomic mass is 16.2. The Bertz CT molecular complexity index is 275. The van der Waals surface area contributed by atoms with Crippen LogP contribution in [0.1, 0.15) is 39.0 Å². The van der Waals surface area contributed by atoms with Crippen molar-refractivity contribution in [3.8, 4) is 0 Å². The molecule has 0 bridgehead atoms. The number of carbonyl (C=O) groups is 2. The van der Waals surface area contributed by atoms with Gasteiger partial charge in [0, 0.05) is 26.1 Å². The fourth-order valence-electron chi connectivity index (χ4n) is 2.22. The minimum Gasteiger partial charge on any atom is -0.355 e. The molecule has 0 spiro atoms. The topological polar surface area (TPSA) is 61.4 Å². The van der Waals surface area contributed by atoms with Gasteiger partial charge in [0.15, 0.2) is 0 Å². The number of likely N-dealkylation sites (N-methyl/N-ethyl adjacent to an activating group) is 2. The van der Waals surface area contributed by atoms with Crippen LogP contribution < -0.4 is 10.6 Å². The molecule has 5 nitrogen and oxygen atoms in total. The first-order valence-corrected chi connectivity index (χ1v) is 6.87. The van der Waals surface area contributed by atoms with Gasteiger partial charge in [-0.1, -0.05) is 6.42 Å². The molecule has 0 aromatic rings. The predicted octanol–water partition coefficient (Wildman–Crippen LogP) is 0.503. The van der Waals surface area contributed by atoms with Crippen LogP contribution in [0.5, 0.6) is 0 Å². The second-order valence-corrected chi connectivity index (χ2v) is 4.89. The van der Waals surface area contributed by atoms with Crippen LogP contribution in [0.25, 0.3) is 0 Å². The van der Waals surface area contributed by atoms with Crippen LogP contribution in [0.15, 0.2) is 0 Å². The largest absolute Gasteiger partial charge is 0.355 e. The molecular formula is C13H25N3O2. The lowest BCUT2D eigenvalue weighted by Gasteiger charge is -2.24. The summed E-state index contributed by atoms with van der Waals surface area (Å²) < 4.78 is 0. The van der Waals surface area contributed by atoms with E-state index < -0.39 is 0 Å². The fourth-order valence-corrected chi connectivity index (χ4v) is 2.22. The van der Waals surface area contributed by atoms with Crippen molar-refractivity contribution in [2.75, 3.05) is 26.7 Å². The van der Waals surface area contributed by atoms with Gasteiger partial charge in [-0.25, -0.2) is 0 Å². The number of piperidine rings is 1. The third kappa shape index (κ3) is 5.49. The van der Waals surface area contributed by atoms with Gasteiger partial charge in [0.25, 0.3) is 0 Å². The van der Waals surface area contributed by atoms with Gasteiger partial charge in [0.05, 0.1) is 6.54 Å². The number of nitrogens with zero attached hydrogens (tertiary/aromatic N) is 1. The summed E-state index contributed by atoms with van der Waals surface area (Å²) in [5, 5.41) is 6.12. The zero-order chi connectivity index (χ0) is 13.4. The minimum atomic E-state index is -0.0934. The van der Waals surface area contributed by atoms with E-state index in [-0.39, 0.29) is 18.4 Å². The average Bonchev–Trinajstić information content (AvgIpc) is 2.37. The van der Waals surface area contributed by atoms with Gasteiger partial charge in [0.1, 0.15) is 0 Å². The van der Waals surface area contributed by atoms with Gasteiger partial charge in [-0.05, 0) is 32.7 Å². The molecule has 2 amide bonds. The lowest BCUT2D eigenvalue weighted by molar-refractivity contribution is -0.134. The smallest absolute Gasteiger partial charge is 0.239 e. The molecule has 0 aliphatic carbocycles. The number of amides is 2.